The molecule has 0 radical (unpaired) electrons. The van der Waals surface area contributed by atoms with Gasteiger partial charge >= 0.3 is 0 Å². The first kappa shape index (κ1) is 20.6. The number of carbonyl (C=O) groups excluding carboxylic acids is 1. The van der Waals surface area contributed by atoms with Crippen LogP contribution in [0.3, 0.4) is 0 Å². The van der Waals surface area contributed by atoms with Gasteiger partial charge in [-0.05, 0) is 42.7 Å². The number of benzene rings is 2. The van der Waals surface area contributed by atoms with Crippen molar-refractivity contribution in [3.05, 3.63) is 65.4 Å². The Morgan fingerprint density at radius 3 is 2.66 bits per heavy atom. The van der Waals surface area contributed by atoms with Gasteiger partial charge in [-0.2, -0.15) is 5.10 Å². The zero-order chi connectivity index (χ0) is 22.3. The maximum Gasteiger partial charge on any atom is 0.272 e. The number of hydrogen-bond donors (Lipinski definition) is 1. The summed E-state index contributed by atoms with van der Waals surface area (Å²) in [6.45, 7) is 2.50. The average molecular weight is 454 g/mol. The van der Waals surface area contributed by atoms with Gasteiger partial charge in [-0.15, -0.1) is 0 Å². The van der Waals surface area contributed by atoms with Crippen LogP contribution in [0.15, 0.2) is 48.5 Å². The Bertz CT molecular complexity index is 1280. The SMILES string of the molecule is Cc1ccc(-c2cc(C(=O)NCc3ccc4c(c3)OCO4)nn2[C@@H]2CCS(=O)(=O)C2)cc1. The van der Waals surface area contributed by atoms with Crippen molar-refractivity contribution in [2.75, 3.05) is 18.3 Å². The average Bonchev–Trinajstić information content (AvgIpc) is 3.50. The summed E-state index contributed by atoms with van der Waals surface area (Å²) in [6, 6.07) is 14.8. The fraction of sp³-hybridized carbons (Fsp3) is 0.304. The van der Waals surface area contributed by atoms with E-state index < -0.39 is 9.84 Å². The lowest BCUT2D eigenvalue weighted by Crippen LogP contribution is -2.24. The lowest BCUT2D eigenvalue weighted by Gasteiger charge is -2.13. The third-order valence-corrected chi connectivity index (χ3v) is 7.51. The third-order valence-electron chi connectivity index (χ3n) is 5.76. The highest BCUT2D eigenvalue weighted by atomic mass is 32.2. The summed E-state index contributed by atoms with van der Waals surface area (Å²) < 4.78 is 36.5. The lowest BCUT2D eigenvalue weighted by atomic mass is 10.1. The van der Waals surface area contributed by atoms with Crippen molar-refractivity contribution in [3.63, 3.8) is 0 Å². The standard InChI is InChI=1S/C23H23N3O5S/c1-15-2-5-17(6-3-15)20-11-19(25-26(20)18-8-9-32(28,29)13-18)23(27)24-12-16-4-7-21-22(10-16)31-14-30-21/h2-7,10-11,18H,8-9,12-14H2,1H3,(H,24,27)/t18-/m1/s1. The molecular weight excluding hydrogens is 430 g/mol. The predicted octanol–water partition coefficient (Wildman–Crippen LogP) is 2.88. The van der Waals surface area contributed by atoms with E-state index in [1.165, 1.54) is 0 Å². The number of carbonyl (C=O) groups is 1. The molecule has 5 rings (SSSR count). The van der Waals surface area contributed by atoms with Crippen LogP contribution in [0.1, 0.15) is 34.1 Å². The number of rotatable bonds is 5. The zero-order valence-corrected chi connectivity index (χ0v) is 18.4. The van der Waals surface area contributed by atoms with Crippen LogP contribution in [0.2, 0.25) is 0 Å². The first-order valence-electron chi connectivity index (χ1n) is 10.4. The fourth-order valence-electron chi connectivity index (χ4n) is 4.02. The molecule has 1 aromatic heterocycles. The number of aryl methyl sites for hydroxylation is 1. The normalized spacial score (nSPS) is 18.6. The lowest BCUT2D eigenvalue weighted by molar-refractivity contribution is 0.0944. The van der Waals surface area contributed by atoms with E-state index in [0.29, 0.717) is 24.5 Å². The second-order valence-electron chi connectivity index (χ2n) is 8.15. The maximum absolute atomic E-state index is 12.9. The summed E-state index contributed by atoms with van der Waals surface area (Å²) in [5, 5.41) is 7.41. The Morgan fingerprint density at radius 2 is 1.91 bits per heavy atom. The Balaban J connectivity index is 1.40. The number of amides is 1. The van der Waals surface area contributed by atoms with E-state index in [4.69, 9.17) is 9.47 Å². The van der Waals surface area contributed by atoms with E-state index >= 15 is 0 Å². The number of ether oxygens (including phenoxy) is 2. The van der Waals surface area contributed by atoms with E-state index in [0.717, 1.165) is 22.4 Å². The third kappa shape index (κ3) is 4.08. The Labute approximate surface area is 186 Å². The zero-order valence-electron chi connectivity index (χ0n) is 17.6. The maximum atomic E-state index is 12.9. The van der Waals surface area contributed by atoms with Crippen molar-refractivity contribution >= 4 is 15.7 Å². The monoisotopic (exact) mass is 453 g/mol. The minimum atomic E-state index is -3.10. The van der Waals surface area contributed by atoms with Gasteiger partial charge < -0.3 is 14.8 Å². The van der Waals surface area contributed by atoms with Crippen LogP contribution < -0.4 is 14.8 Å². The van der Waals surface area contributed by atoms with Gasteiger partial charge in [-0.1, -0.05) is 35.9 Å². The molecule has 1 atom stereocenters. The summed E-state index contributed by atoms with van der Waals surface area (Å²) in [7, 11) is -3.10. The number of nitrogens with one attached hydrogen (secondary N) is 1. The van der Waals surface area contributed by atoms with Crippen LogP contribution >= 0.6 is 0 Å². The van der Waals surface area contributed by atoms with Crippen molar-refractivity contribution in [3.8, 4) is 22.8 Å². The molecule has 166 valence electrons. The Morgan fingerprint density at radius 1 is 1.12 bits per heavy atom. The van der Waals surface area contributed by atoms with Gasteiger partial charge in [0.2, 0.25) is 6.79 Å². The number of nitrogens with zero attached hydrogens (tertiary/aromatic N) is 2. The summed E-state index contributed by atoms with van der Waals surface area (Å²) in [4.78, 5) is 12.9. The van der Waals surface area contributed by atoms with Gasteiger partial charge in [0.1, 0.15) is 0 Å². The Hall–Kier alpha value is -3.33. The molecule has 1 N–H and O–H groups in total. The van der Waals surface area contributed by atoms with Crippen LogP contribution in [0.25, 0.3) is 11.3 Å². The quantitative estimate of drug-likeness (QED) is 0.638. The Kier molecular flexibility index (Phi) is 5.13. The van der Waals surface area contributed by atoms with Gasteiger partial charge in [-0.3, -0.25) is 9.48 Å². The van der Waals surface area contributed by atoms with Gasteiger partial charge in [0.25, 0.3) is 5.91 Å². The van der Waals surface area contributed by atoms with E-state index in [9.17, 15) is 13.2 Å². The molecule has 0 unspecified atom stereocenters. The van der Waals surface area contributed by atoms with Crippen molar-refractivity contribution in [2.45, 2.75) is 25.9 Å². The molecule has 8 nitrogen and oxygen atoms in total. The summed E-state index contributed by atoms with van der Waals surface area (Å²) >= 11 is 0. The summed E-state index contributed by atoms with van der Waals surface area (Å²) in [5.74, 6) is 1.19. The van der Waals surface area contributed by atoms with Crippen molar-refractivity contribution in [2.24, 2.45) is 0 Å². The van der Waals surface area contributed by atoms with Crippen molar-refractivity contribution < 1.29 is 22.7 Å². The van der Waals surface area contributed by atoms with Crippen LogP contribution in [0.5, 0.6) is 11.5 Å². The molecule has 2 aliphatic heterocycles. The molecule has 2 aliphatic rings. The first-order chi connectivity index (χ1) is 15.4. The molecule has 1 fully saturated rings. The van der Waals surface area contributed by atoms with E-state index in [1.54, 1.807) is 10.7 Å². The molecule has 32 heavy (non-hydrogen) atoms. The van der Waals surface area contributed by atoms with Gasteiger partial charge in [0.05, 0.1) is 23.2 Å². The molecule has 0 bridgehead atoms. The number of aromatic nitrogens is 2. The highest BCUT2D eigenvalue weighted by molar-refractivity contribution is 7.91. The molecule has 9 heteroatoms. The second-order valence-corrected chi connectivity index (χ2v) is 10.4. The fourth-order valence-corrected chi connectivity index (χ4v) is 5.71. The molecular formula is C23H23N3O5S. The van der Waals surface area contributed by atoms with E-state index in [2.05, 4.69) is 10.4 Å². The number of fused-ring (bicyclic) bond motifs is 1. The molecule has 3 aromatic rings. The molecule has 2 aromatic carbocycles. The highest BCUT2D eigenvalue weighted by Gasteiger charge is 2.32. The second kappa shape index (κ2) is 7.98. The molecule has 0 aliphatic carbocycles. The van der Waals surface area contributed by atoms with Crippen LogP contribution in [0, 0.1) is 6.92 Å². The molecule has 3 heterocycles. The largest absolute Gasteiger partial charge is 0.454 e. The smallest absolute Gasteiger partial charge is 0.272 e. The van der Waals surface area contributed by atoms with Crippen LogP contribution in [-0.2, 0) is 16.4 Å². The van der Waals surface area contributed by atoms with Gasteiger partial charge in [0, 0.05) is 6.54 Å². The minimum Gasteiger partial charge on any atom is -0.454 e. The summed E-state index contributed by atoms with van der Waals surface area (Å²) in [5.41, 5.74) is 3.88. The van der Waals surface area contributed by atoms with Crippen LogP contribution in [-0.4, -0.2) is 42.4 Å². The highest BCUT2D eigenvalue weighted by Crippen LogP contribution is 2.33. The van der Waals surface area contributed by atoms with Gasteiger partial charge in [0.15, 0.2) is 27.0 Å². The first-order valence-corrected chi connectivity index (χ1v) is 12.2. The summed E-state index contributed by atoms with van der Waals surface area (Å²) in [6.07, 6.45) is 0.487. The van der Waals surface area contributed by atoms with Crippen LogP contribution in [0.4, 0.5) is 0 Å². The predicted molar refractivity (Wildman–Crippen MR) is 118 cm³/mol. The molecule has 0 spiro atoms. The van der Waals surface area contributed by atoms with E-state index in [-0.39, 0.29) is 35.9 Å². The number of hydrogen-bond acceptors (Lipinski definition) is 6. The van der Waals surface area contributed by atoms with Gasteiger partial charge in [-0.25, -0.2) is 8.42 Å². The minimum absolute atomic E-state index is 0.0335. The van der Waals surface area contributed by atoms with Crippen molar-refractivity contribution in [1.82, 2.24) is 15.1 Å². The molecule has 1 amide bonds. The van der Waals surface area contributed by atoms with E-state index in [1.807, 2.05) is 49.4 Å². The molecule has 1 saturated heterocycles. The number of sulfone groups is 1. The van der Waals surface area contributed by atoms with Crippen molar-refractivity contribution in [1.29, 1.82) is 0 Å². The topological polar surface area (TPSA) is 99.5 Å². The molecule has 0 saturated carbocycles.